The topological polar surface area (TPSA) is 16.4 Å². The Bertz CT molecular complexity index is 253. The van der Waals surface area contributed by atoms with Crippen molar-refractivity contribution in [1.29, 1.82) is 0 Å². The third-order valence-electron chi connectivity index (χ3n) is 1.38. The molecule has 0 saturated carbocycles. The van der Waals surface area contributed by atoms with E-state index in [1.165, 1.54) is 0 Å². The Morgan fingerprint density at radius 2 is 2.45 bits per heavy atom. The Labute approximate surface area is 66.8 Å². The molecule has 0 unspecified atom stereocenters. The van der Waals surface area contributed by atoms with Gasteiger partial charge in [0.05, 0.1) is 12.8 Å². The maximum Gasteiger partial charge on any atom is 0.195 e. The second kappa shape index (κ2) is 3.72. The van der Waals surface area contributed by atoms with E-state index >= 15 is 0 Å². The lowest BCUT2D eigenvalue weighted by atomic mass is 10.5. The second-order valence-electron chi connectivity index (χ2n) is 2.23. The highest BCUT2D eigenvalue weighted by Gasteiger charge is 1.98. The fourth-order valence-corrected chi connectivity index (χ4v) is 0.763. The molecule has 0 atom stereocenters. The average molecular weight is 149 g/mol. The average Bonchev–Trinajstić information content (AvgIpc) is 2.52. The molecule has 1 aromatic heterocycles. The minimum absolute atomic E-state index is 0.712. The first-order valence-corrected chi connectivity index (χ1v) is 3.49. The molecule has 0 fully saturated rings. The lowest BCUT2D eigenvalue weighted by Gasteiger charge is -2.10. The van der Waals surface area contributed by atoms with Gasteiger partial charge in [0.1, 0.15) is 0 Å². The van der Waals surface area contributed by atoms with Crippen molar-refractivity contribution in [3.63, 3.8) is 0 Å². The van der Waals surface area contributed by atoms with Crippen molar-refractivity contribution >= 4 is 5.88 Å². The summed E-state index contributed by atoms with van der Waals surface area (Å²) in [4.78, 5) is 1.95. The normalized spacial score (nSPS) is 8.55. The zero-order chi connectivity index (χ0) is 8.10. The molecular formula is C9H11NO. The molecule has 11 heavy (non-hydrogen) atoms. The molecule has 1 heterocycles. The fourth-order valence-electron chi connectivity index (χ4n) is 0.763. The quantitative estimate of drug-likeness (QED) is 0.595. The highest BCUT2D eigenvalue weighted by molar-refractivity contribution is 5.35. The molecule has 0 radical (unpaired) electrons. The first-order valence-electron chi connectivity index (χ1n) is 3.49. The van der Waals surface area contributed by atoms with Crippen LogP contribution in [0.1, 0.15) is 6.92 Å². The molecule has 0 bridgehead atoms. The summed E-state index contributed by atoms with van der Waals surface area (Å²) < 4.78 is 5.15. The van der Waals surface area contributed by atoms with Crippen LogP contribution in [0.4, 0.5) is 5.88 Å². The van der Waals surface area contributed by atoms with Crippen molar-refractivity contribution in [1.82, 2.24) is 0 Å². The van der Waals surface area contributed by atoms with E-state index in [-0.39, 0.29) is 0 Å². The van der Waals surface area contributed by atoms with E-state index in [1.54, 1.807) is 6.26 Å². The van der Waals surface area contributed by atoms with Crippen LogP contribution in [-0.4, -0.2) is 13.6 Å². The molecule has 58 valence electrons. The summed E-state index contributed by atoms with van der Waals surface area (Å²) in [5, 5.41) is 0. The van der Waals surface area contributed by atoms with Gasteiger partial charge in [-0.3, -0.25) is 0 Å². The lowest BCUT2D eigenvalue weighted by molar-refractivity contribution is 0.561. The van der Waals surface area contributed by atoms with Crippen LogP contribution in [0.5, 0.6) is 0 Å². The molecule has 0 saturated heterocycles. The van der Waals surface area contributed by atoms with Gasteiger partial charge in [-0.1, -0.05) is 5.92 Å². The van der Waals surface area contributed by atoms with E-state index in [2.05, 4.69) is 11.8 Å². The van der Waals surface area contributed by atoms with Crippen molar-refractivity contribution < 1.29 is 4.42 Å². The van der Waals surface area contributed by atoms with Crippen LogP contribution in [0.25, 0.3) is 0 Å². The van der Waals surface area contributed by atoms with Gasteiger partial charge in [-0.05, 0) is 13.0 Å². The Hall–Kier alpha value is -1.36. The Morgan fingerprint density at radius 1 is 1.64 bits per heavy atom. The molecule has 0 N–H and O–H groups in total. The smallest absolute Gasteiger partial charge is 0.195 e. The third-order valence-corrected chi connectivity index (χ3v) is 1.38. The van der Waals surface area contributed by atoms with Crippen molar-refractivity contribution in [2.75, 3.05) is 18.5 Å². The van der Waals surface area contributed by atoms with Crippen LogP contribution < -0.4 is 4.90 Å². The highest BCUT2D eigenvalue weighted by atomic mass is 16.3. The van der Waals surface area contributed by atoms with Gasteiger partial charge < -0.3 is 9.32 Å². The summed E-state index contributed by atoms with van der Waals surface area (Å²) in [6.45, 7) is 2.54. The number of furan rings is 1. The van der Waals surface area contributed by atoms with E-state index in [0.717, 1.165) is 5.88 Å². The summed E-state index contributed by atoms with van der Waals surface area (Å²) >= 11 is 0. The van der Waals surface area contributed by atoms with E-state index in [4.69, 9.17) is 4.42 Å². The SMILES string of the molecule is CC#CCN(C)c1ccco1. The Kier molecular flexibility index (Phi) is 2.62. The number of nitrogens with zero attached hydrogens (tertiary/aromatic N) is 1. The van der Waals surface area contributed by atoms with Gasteiger partial charge in [0.15, 0.2) is 5.88 Å². The van der Waals surface area contributed by atoms with Gasteiger partial charge in [0.25, 0.3) is 0 Å². The summed E-state index contributed by atoms with van der Waals surface area (Å²) in [7, 11) is 1.95. The number of rotatable bonds is 2. The maximum absolute atomic E-state index is 5.15. The van der Waals surface area contributed by atoms with Crippen LogP contribution in [0, 0.1) is 11.8 Å². The van der Waals surface area contributed by atoms with Crippen molar-refractivity contribution in [2.45, 2.75) is 6.92 Å². The molecule has 0 amide bonds. The van der Waals surface area contributed by atoms with Crippen LogP contribution in [0.2, 0.25) is 0 Å². The number of hydrogen-bond donors (Lipinski definition) is 0. The molecule has 2 heteroatoms. The van der Waals surface area contributed by atoms with Gasteiger partial charge >= 0.3 is 0 Å². The minimum atomic E-state index is 0.712. The maximum atomic E-state index is 5.15. The Balaban J connectivity index is 2.53. The zero-order valence-electron chi connectivity index (χ0n) is 6.79. The number of anilines is 1. The van der Waals surface area contributed by atoms with Crippen LogP contribution >= 0.6 is 0 Å². The summed E-state index contributed by atoms with van der Waals surface area (Å²) in [6, 6.07) is 3.78. The van der Waals surface area contributed by atoms with Gasteiger partial charge in [0.2, 0.25) is 0 Å². The van der Waals surface area contributed by atoms with Gasteiger partial charge in [-0.15, -0.1) is 5.92 Å². The largest absolute Gasteiger partial charge is 0.449 e. The molecular weight excluding hydrogens is 138 g/mol. The second-order valence-corrected chi connectivity index (χ2v) is 2.23. The fraction of sp³-hybridized carbons (Fsp3) is 0.333. The van der Waals surface area contributed by atoms with Gasteiger partial charge in [-0.2, -0.15) is 0 Å². The Morgan fingerprint density at radius 3 is 3.00 bits per heavy atom. The molecule has 0 spiro atoms. The van der Waals surface area contributed by atoms with Crippen molar-refractivity contribution in [3.05, 3.63) is 18.4 Å². The van der Waals surface area contributed by atoms with E-state index in [1.807, 2.05) is 31.0 Å². The molecule has 1 aromatic rings. The van der Waals surface area contributed by atoms with E-state index < -0.39 is 0 Å². The molecule has 0 aliphatic heterocycles. The van der Waals surface area contributed by atoms with E-state index in [9.17, 15) is 0 Å². The van der Waals surface area contributed by atoms with Gasteiger partial charge in [-0.25, -0.2) is 0 Å². The third kappa shape index (κ3) is 2.05. The summed E-state index contributed by atoms with van der Waals surface area (Å²) in [6.07, 6.45) is 1.66. The van der Waals surface area contributed by atoms with E-state index in [0.29, 0.717) is 6.54 Å². The monoisotopic (exact) mass is 149 g/mol. The zero-order valence-corrected chi connectivity index (χ0v) is 6.79. The lowest BCUT2D eigenvalue weighted by Crippen LogP contribution is -2.15. The molecule has 0 aromatic carbocycles. The summed E-state index contributed by atoms with van der Waals surface area (Å²) in [5.74, 6) is 6.63. The first kappa shape index (κ1) is 7.74. The number of hydrogen-bond acceptors (Lipinski definition) is 2. The first-order chi connectivity index (χ1) is 5.34. The molecule has 0 aliphatic rings. The highest BCUT2D eigenvalue weighted by Crippen LogP contribution is 2.10. The molecule has 1 rings (SSSR count). The molecule has 2 nitrogen and oxygen atoms in total. The minimum Gasteiger partial charge on any atom is -0.449 e. The standard InChI is InChI=1S/C9H11NO/c1-3-4-7-10(2)9-6-5-8-11-9/h5-6,8H,7H2,1-2H3. The van der Waals surface area contributed by atoms with Crippen LogP contribution in [-0.2, 0) is 0 Å². The van der Waals surface area contributed by atoms with Crippen LogP contribution in [0.3, 0.4) is 0 Å². The van der Waals surface area contributed by atoms with Crippen molar-refractivity contribution in [2.24, 2.45) is 0 Å². The van der Waals surface area contributed by atoms with Gasteiger partial charge in [0, 0.05) is 13.1 Å². The predicted octanol–water partition coefficient (Wildman–Crippen LogP) is 1.74. The van der Waals surface area contributed by atoms with Crippen LogP contribution in [0.15, 0.2) is 22.8 Å². The summed E-state index contributed by atoms with van der Waals surface area (Å²) in [5.41, 5.74) is 0. The predicted molar refractivity (Wildman–Crippen MR) is 45.4 cm³/mol. The van der Waals surface area contributed by atoms with Crippen molar-refractivity contribution in [3.8, 4) is 11.8 Å². The molecule has 0 aliphatic carbocycles.